The van der Waals surface area contributed by atoms with Crippen LogP contribution < -0.4 is 14.8 Å². The maximum absolute atomic E-state index is 5.42. The first kappa shape index (κ1) is 14.9. The van der Waals surface area contributed by atoms with Crippen LogP contribution in [-0.4, -0.2) is 20.8 Å². The van der Waals surface area contributed by atoms with Crippen LogP contribution >= 0.6 is 11.3 Å². The molecule has 20 heavy (non-hydrogen) atoms. The van der Waals surface area contributed by atoms with Crippen molar-refractivity contribution in [3.8, 4) is 22.6 Å². The van der Waals surface area contributed by atoms with Crippen molar-refractivity contribution in [2.45, 2.75) is 20.4 Å². The zero-order valence-electron chi connectivity index (χ0n) is 12.4. The minimum atomic E-state index is 0.770. The van der Waals surface area contributed by atoms with E-state index in [1.165, 1.54) is 21.6 Å². The Morgan fingerprint density at radius 3 is 2.35 bits per heavy atom. The Bertz CT molecular complexity index is 578. The number of hydrogen-bond acceptors (Lipinski definition) is 4. The zero-order valence-corrected chi connectivity index (χ0v) is 13.3. The van der Waals surface area contributed by atoms with Gasteiger partial charge in [0, 0.05) is 11.4 Å². The van der Waals surface area contributed by atoms with Gasteiger partial charge in [-0.3, -0.25) is 0 Å². The van der Waals surface area contributed by atoms with E-state index in [9.17, 15) is 0 Å². The van der Waals surface area contributed by atoms with Gasteiger partial charge in [0.2, 0.25) is 0 Å². The number of aryl methyl sites for hydroxylation is 1. The fourth-order valence-electron chi connectivity index (χ4n) is 2.18. The van der Waals surface area contributed by atoms with Crippen LogP contribution in [0.2, 0.25) is 0 Å². The minimum Gasteiger partial charge on any atom is -0.493 e. The Kier molecular flexibility index (Phi) is 5.04. The summed E-state index contributed by atoms with van der Waals surface area (Å²) in [5.41, 5.74) is 3.66. The second kappa shape index (κ2) is 6.77. The lowest BCUT2D eigenvalue weighted by Gasteiger charge is -2.14. The van der Waals surface area contributed by atoms with E-state index in [2.05, 4.69) is 42.7 Å². The molecule has 1 aromatic carbocycles. The van der Waals surface area contributed by atoms with Crippen LogP contribution in [0.15, 0.2) is 23.6 Å². The molecule has 0 spiro atoms. The number of benzene rings is 1. The molecular formula is C16H21NO2S. The summed E-state index contributed by atoms with van der Waals surface area (Å²) in [5, 5.41) is 5.56. The molecule has 0 unspecified atom stereocenters. The van der Waals surface area contributed by atoms with E-state index in [0.717, 1.165) is 24.6 Å². The second-order valence-corrected chi connectivity index (χ2v) is 5.71. The van der Waals surface area contributed by atoms with Gasteiger partial charge < -0.3 is 14.8 Å². The SMILES string of the molecule is CCNCc1cc(OC)c(OC)cc1-c1csc(C)c1. The summed E-state index contributed by atoms with van der Waals surface area (Å²) in [6.07, 6.45) is 0. The molecule has 0 aliphatic heterocycles. The molecule has 0 aliphatic carbocycles. The van der Waals surface area contributed by atoms with Gasteiger partial charge in [-0.1, -0.05) is 6.92 Å². The maximum atomic E-state index is 5.42. The molecule has 0 amide bonds. The fraction of sp³-hybridized carbons (Fsp3) is 0.375. The molecule has 2 aromatic rings. The largest absolute Gasteiger partial charge is 0.493 e. The van der Waals surface area contributed by atoms with E-state index < -0.39 is 0 Å². The van der Waals surface area contributed by atoms with Gasteiger partial charge >= 0.3 is 0 Å². The van der Waals surface area contributed by atoms with Gasteiger partial charge in [0.1, 0.15) is 0 Å². The minimum absolute atomic E-state index is 0.770. The van der Waals surface area contributed by atoms with Crippen molar-refractivity contribution >= 4 is 11.3 Å². The van der Waals surface area contributed by atoms with Gasteiger partial charge in [0.05, 0.1) is 14.2 Å². The zero-order chi connectivity index (χ0) is 14.5. The smallest absolute Gasteiger partial charge is 0.161 e. The van der Waals surface area contributed by atoms with Crippen LogP contribution in [0.5, 0.6) is 11.5 Å². The van der Waals surface area contributed by atoms with E-state index in [-0.39, 0.29) is 0 Å². The van der Waals surface area contributed by atoms with Crippen molar-refractivity contribution in [3.63, 3.8) is 0 Å². The molecule has 1 aromatic heterocycles. The van der Waals surface area contributed by atoms with E-state index in [4.69, 9.17) is 9.47 Å². The highest BCUT2D eigenvalue weighted by Gasteiger charge is 2.13. The van der Waals surface area contributed by atoms with Gasteiger partial charge in [0.25, 0.3) is 0 Å². The van der Waals surface area contributed by atoms with E-state index in [1.54, 1.807) is 25.6 Å². The monoisotopic (exact) mass is 291 g/mol. The van der Waals surface area contributed by atoms with Gasteiger partial charge in [-0.25, -0.2) is 0 Å². The molecule has 2 rings (SSSR count). The number of hydrogen-bond donors (Lipinski definition) is 1. The Morgan fingerprint density at radius 1 is 1.10 bits per heavy atom. The summed E-state index contributed by atoms with van der Waals surface area (Å²) in [4.78, 5) is 1.31. The number of nitrogens with one attached hydrogen (secondary N) is 1. The molecule has 0 fully saturated rings. The van der Waals surface area contributed by atoms with Gasteiger partial charge in [0.15, 0.2) is 11.5 Å². The predicted molar refractivity (Wildman–Crippen MR) is 85.0 cm³/mol. The Hall–Kier alpha value is -1.52. The molecule has 108 valence electrons. The molecule has 1 N–H and O–H groups in total. The number of methoxy groups -OCH3 is 2. The van der Waals surface area contributed by atoms with Crippen LogP contribution in [0.25, 0.3) is 11.1 Å². The predicted octanol–water partition coefficient (Wildman–Crippen LogP) is 3.85. The molecule has 3 nitrogen and oxygen atoms in total. The molecule has 0 saturated heterocycles. The van der Waals surface area contributed by atoms with E-state index >= 15 is 0 Å². The third-order valence-electron chi connectivity index (χ3n) is 3.22. The average Bonchev–Trinajstić information content (AvgIpc) is 2.90. The lowest BCUT2D eigenvalue weighted by molar-refractivity contribution is 0.354. The summed E-state index contributed by atoms with van der Waals surface area (Å²) >= 11 is 1.76. The van der Waals surface area contributed by atoms with Crippen molar-refractivity contribution in [2.75, 3.05) is 20.8 Å². The molecule has 4 heteroatoms. The normalized spacial score (nSPS) is 10.6. The highest BCUT2D eigenvalue weighted by Crippen LogP contribution is 2.37. The van der Waals surface area contributed by atoms with Crippen LogP contribution in [0.1, 0.15) is 17.4 Å². The highest BCUT2D eigenvalue weighted by atomic mass is 32.1. The van der Waals surface area contributed by atoms with Gasteiger partial charge in [-0.2, -0.15) is 0 Å². The van der Waals surface area contributed by atoms with Gasteiger partial charge in [-0.05, 0) is 53.7 Å². The lowest BCUT2D eigenvalue weighted by atomic mass is 10.0. The molecule has 0 bridgehead atoms. The van der Waals surface area contributed by atoms with Crippen LogP contribution in [0, 0.1) is 6.92 Å². The molecule has 1 heterocycles. The highest BCUT2D eigenvalue weighted by molar-refractivity contribution is 7.10. The van der Waals surface area contributed by atoms with Crippen LogP contribution in [-0.2, 0) is 6.54 Å². The van der Waals surface area contributed by atoms with Crippen molar-refractivity contribution in [1.29, 1.82) is 0 Å². The maximum Gasteiger partial charge on any atom is 0.161 e. The molecule has 0 aliphatic rings. The Balaban J connectivity index is 2.50. The van der Waals surface area contributed by atoms with Crippen molar-refractivity contribution in [1.82, 2.24) is 5.32 Å². The summed E-state index contributed by atoms with van der Waals surface area (Å²) in [6.45, 7) is 5.99. The van der Waals surface area contributed by atoms with E-state index in [0.29, 0.717) is 0 Å². The Morgan fingerprint density at radius 2 is 1.80 bits per heavy atom. The third-order valence-corrected chi connectivity index (χ3v) is 4.08. The second-order valence-electron chi connectivity index (χ2n) is 4.59. The van der Waals surface area contributed by atoms with Crippen molar-refractivity contribution in [3.05, 3.63) is 34.0 Å². The third kappa shape index (κ3) is 3.14. The van der Waals surface area contributed by atoms with Crippen molar-refractivity contribution in [2.24, 2.45) is 0 Å². The average molecular weight is 291 g/mol. The fourth-order valence-corrected chi connectivity index (χ4v) is 2.88. The van der Waals surface area contributed by atoms with E-state index in [1.807, 2.05) is 0 Å². The Labute approximate surface area is 124 Å². The van der Waals surface area contributed by atoms with Crippen LogP contribution in [0.4, 0.5) is 0 Å². The molecular weight excluding hydrogens is 270 g/mol. The first-order chi connectivity index (χ1) is 9.69. The summed E-state index contributed by atoms with van der Waals surface area (Å²) in [6, 6.07) is 6.33. The number of rotatable bonds is 6. The molecule has 0 saturated carbocycles. The topological polar surface area (TPSA) is 30.5 Å². The standard InChI is InChI=1S/C16H21NO2S/c1-5-17-9-12-7-15(18-3)16(19-4)8-14(12)13-6-11(2)20-10-13/h6-8,10,17H,5,9H2,1-4H3. The molecule has 0 radical (unpaired) electrons. The summed E-state index contributed by atoms with van der Waals surface area (Å²) in [7, 11) is 3.34. The lowest BCUT2D eigenvalue weighted by Crippen LogP contribution is -2.12. The first-order valence-corrected chi connectivity index (χ1v) is 7.58. The van der Waals surface area contributed by atoms with Crippen LogP contribution in [0.3, 0.4) is 0 Å². The molecule has 0 atom stereocenters. The van der Waals surface area contributed by atoms with Crippen molar-refractivity contribution < 1.29 is 9.47 Å². The number of thiophene rings is 1. The quantitative estimate of drug-likeness (QED) is 0.877. The first-order valence-electron chi connectivity index (χ1n) is 6.70. The van der Waals surface area contributed by atoms with Gasteiger partial charge in [-0.15, -0.1) is 11.3 Å². The summed E-state index contributed by atoms with van der Waals surface area (Å²) < 4.78 is 10.8. The number of ether oxygens (including phenoxy) is 2. The summed E-state index contributed by atoms with van der Waals surface area (Å²) in [5.74, 6) is 1.54.